The summed E-state index contributed by atoms with van der Waals surface area (Å²) in [5, 5.41) is 10.5. The van der Waals surface area contributed by atoms with Gasteiger partial charge in [0.15, 0.2) is 34.8 Å². The van der Waals surface area contributed by atoms with E-state index in [2.05, 4.69) is 65.0 Å². The number of aryl methyl sites for hydroxylation is 1. The highest BCUT2D eigenvalue weighted by Crippen LogP contribution is 2.46. The summed E-state index contributed by atoms with van der Waals surface area (Å²) in [6, 6.07) is 34.7. The number of hydrogen-bond donors (Lipinski definition) is 0. The van der Waals surface area contributed by atoms with Crippen molar-refractivity contribution in [3.8, 4) is 63.4 Å². The van der Waals surface area contributed by atoms with Gasteiger partial charge in [0.25, 0.3) is 23.6 Å². The minimum Gasteiger partial charge on any atom is -0.472 e. The minimum absolute atomic E-state index is 0.00859. The SMILES string of the molecule is Cc1ccc(-n2nccn2)c(C(=O)N2CC3CC(Oc4ccc(Cl)cn4)C2C3)n1.O=C(c1cccc(F)c1-c1ncc(F)cn1)N1CC2CC(Oc3ccc(Cl)cn3)C1C2.O=C(c1cccc(F)c1-c1ncccn1)N1CC2CC(Oc3ccc(Cl)cn3)C1C2.O=C(c1ccccc1-c1ncc(F)cn1)N1CC2CC(Oc3ccc(Cl)cn3)C1C2. The highest BCUT2D eigenvalue weighted by Gasteiger charge is 2.53. The van der Waals surface area contributed by atoms with E-state index in [-0.39, 0.29) is 106 Å². The molecule has 0 radical (unpaired) electrons. The molecule has 610 valence electrons. The molecule has 4 saturated heterocycles. The maximum atomic E-state index is 14.7. The molecule has 120 heavy (non-hydrogen) atoms. The molecule has 4 saturated carbocycles. The van der Waals surface area contributed by atoms with Crippen molar-refractivity contribution in [3.63, 3.8) is 0 Å². The van der Waals surface area contributed by atoms with Crippen molar-refractivity contribution < 1.29 is 55.7 Å². The van der Waals surface area contributed by atoms with Crippen LogP contribution in [0.15, 0.2) is 202 Å². The molecule has 20 rings (SSSR count). The van der Waals surface area contributed by atoms with Crippen LogP contribution in [-0.2, 0) is 0 Å². The van der Waals surface area contributed by atoms with Crippen molar-refractivity contribution in [2.75, 3.05) is 26.2 Å². The highest BCUT2D eigenvalue weighted by atomic mass is 35.5. The third kappa shape index (κ3) is 17.3. The molecule has 3 aromatic carbocycles. The van der Waals surface area contributed by atoms with E-state index >= 15 is 0 Å². The molecule has 12 atom stereocenters. The van der Waals surface area contributed by atoms with E-state index < -0.39 is 23.3 Å². The van der Waals surface area contributed by atoms with Crippen molar-refractivity contribution in [2.24, 2.45) is 23.7 Å². The number of benzene rings is 3. The predicted molar refractivity (Wildman–Crippen MR) is 431 cm³/mol. The molecule has 0 N–H and O–H groups in total. The van der Waals surface area contributed by atoms with Gasteiger partial charge in [-0.3, -0.25) is 19.2 Å². The van der Waals surface area contributed by atoms with Crippen LogP contribution < -0.4 is 18.9 Å². The Hall–Kier alpha value is -12.3. The molecule has 9 aromatic heterocycles. The van der Waals surface area contributed by atoms with Gasteiger partial charge in [0.05, 0.1) is 109 Å². The first-order chi connectivity index (χ1) is 58.2. The zero-order valence-corrected chi connectivity index (χ0v) is 66.8. The fraction of sp³-hybridized carbons (Fsp3) is 0.291. The summed E-state index contributed by atoms with van der Waals surface area (Å²) >= 11 is 23.6. The summed E-state index contributed by atoms with van der Waals surface area (Å²) in [5.41, 5.74) is 3.28. The maximum Gasteiger partial charge on any atom is 0.275 e. The van der Waals surface area contributed by atoms with Gasteiger partial charge in [0, 0.05) is 98.9 Å². The third-order valence-corrected chi connectivity index (χ3v) is 23.5. The van der Waals surface area contributed by atoms with Crippen molar-refractivity contribution in [1.29, 1.82) is 0 Å². The lowest BCUT2D eigenvalue weighted by molar-refractivity contribution is 0.0459. The first-order valence-corrected chi connectivity index (χ1v) is 40.4. The molecule has 8 fully saturated rings. The lowest BCUT2D eigenvalue weighted by Crippen LogP contribution is -2.47. The number of amides is 4. The number of piperidine rings is 4. The van der Waals surface area contributed by atoms with Crippen LogP contribution in [0.25, 0.3) is 39.9 Å². The summed E-state index contributed by atoms with van der Waals surface area (Å²) in [6.45, 7) is 4.46. The average molecular weight is 1700 g/mol. The largest absolute Gasteiger partial charge is 0.472 e. The summed E-state index contributed by atoms with van der Waals surface area (Å²) in [7, 11) is 0. The Bertz CT molecular complexity index is 5720. The Morgan fingerprint density at radius 1 is 0.358 bits per heavy atom. The van der Waals surface area contributed by atoms with Crippen LogP contribution in [0.3, 0.4) is 0 Å². The zero-order chi connectivity index (χ0) is 82.8. The van der Waals surface area contributed by atoms with Crippen LogP contribution in [0, 0.1) is 53.9 Å². The lowest BCUT2D eigenvalue weighted by atomic mass is 10.0. The van der Waals surface area contributed by atoms with Crippen LogP contribution in [0.4, 0.5) is 17.6 Å². The van der Waals surface area contributed by atoms with Gasteiger partial charge >= 0.3 is 0 Å². The monoisotopic (exact) mass is 1700 g/mol. The summed E-state index contributed by atoms with van der Waals surface area (Å²) < 4.78 is 80.1. The fourth-order valence-corrected chi connectivity index (χ4v) is 18.0. The number of fused-ring (bicyclic) bond motifs is 8. The van der Waals surface area contributed by atoms with Gasteiger partial charge in [-0.25, -0.2) is 72.4 Å². The molecular formula is C86H72Cl4F4N18O8. The zero-order valence-electron chi connectivity index (χ0n) is 63.8. The molecule has 8 aliphatic rings. The Labute approximate surface area is 704 Å². The van der Waals surface area contributed by atoms with Crippen LogP contribution in [0.2, 0.25) is 20.1 Å². The van der Waals surface area contributed by atoms with Gasteiger partial charge in [0.2, 0.25) is 23.5 Å². The molecule has 34 heteroatoms. The first kappa shape index (κ1) is 80.2. The minimum atomic E-state index is -0.639. The number of likely N-dealkylation sites (tertiary alicyclic amines) is 4. The number of hydrogen-bond acceptors (Lipinski definition) is 21. The number of aromatic nitrogens is 14. The number of pyridine rings is 5. The third-order valence-electron chi connectivity index (χ3n) is 22.6. The van der Waals surface area contributed by atoms with Crippen LogP contribution in [0.5, 0.6) is 23.5 Å². The number of nitrogens with zero attached hydrogens (tertiary/aromatic N) is 18. The average Bonchev–Trinajstić information content (AvgIpc) is 1.61. The molecule has 12 aromatic rings. The van der Waals surface area contributed by atoms with Crippen molar-refractivity contribution in [3.05, 3.63) is 273 Å². The van der Waals surface area contributed by atoms with Gasteiger partial charge in [-0.05, 0) is 155 Å². The standard InChI is InChI=1S/C22H17ClF2N4O2.2C22H18ClFN4O2.C20H19ClN6O2/c23-13-4-5-19(26-8-13)31-18-7-12-6-17(18)29(11-12)22(30)15-2-1-3-16(25)20(15)21-27-9-14(24)10-28-21;23-14-5-6-19(27-11-14)30-18-10-13-9-17(18)28(12-13)22(29)15-3-1-4-16(24)20(15)21-25-7-2-8-26-21;23-14-5-6-20(25-9-14)30-19-8-13-7-18(19)28(12-13)22(29)17-4-2-1-3-16(17)21-26-10-15(24)11-27-21;1-12-2-4-15(27-23-6-7-24-27)19(25-12)20(28)26-11-13-8-16(26)17(9-13)29-18-5-3-14(21)10-22-18/h1-5,8-10,12,17-18H,6-7,11H2;1-8,11,13,17-18H,9-10,12H2;1-6,9-11,13,18-19H,7-8,12H2;2-7,10,13,16-17H,8-9,11H2,1H3. The van der Waals surface area contributed by atoms with Crippen LogP contribution in [0.1, 0.15) is 98.6 Å². The second kappa shape index (κ2) is 35.0. The van der Waals surface area contributed by atoms with E-state index in [9.17, 15) is 36.7 Å². The molecule has 12 unspecified atom stereocenters. The first-order valence-electron chi connectivity index (χ1n) is 38.9. The second-order valence-corrected chi connectivity index (χ2v) is 32.1. The molecular weight excluding hydrogens is 1630 g/mol. The van der Waals surface area contributed by atoms with E-state index in [1.54, 1.807) is 113 Å². The normalized spacial score (nSPS) is 22.4. The topological polar surface area (TPSA) is 291 Å². The van der Waals surface area contributed by atoms with E-state index in [0.717, 1.165) is 81.8 Å². The Balaban J connectivity index is 0.000000114. The molecule has 8 bridgehead atoms. The molecule has 0 spiro atoms. The molecule has 4 aliphatic heterocycles. The highest BCUT2D eigenvalue weighted by molar-refractivity contribution is 6.31. The Morgan fingerprint density at radius 2 is 0.717 bits per heavy atom. The number of carbonyl (C=O) groups is 4. The van der Waals surface area contributed by atoms with Crippen LogP contribution >= 0.6 is 46.4 Å². The maximum absolute atomic E-state index is 14.7. The lowest BCUT2D eigenvalue weighted by Gasteiger charge is -2.33. The molecule has 13 heterocycles. The Morgan fingerprint density at radius 3 is 1.10 bits per heavy atom. The van der Waals surface area contributed by atoms with E-state index in [1.165, 1.54) is 59.9 Å². The van der Waals surface area contributed by atoms with Crippen LogP contribution in [-0.4, -0.2) is 188 Å². The smallest absolute Gasteiger partial charge is 0.275 e. The van der Waals surface area contributed by atoms with Crippen molar-refractivity contribution >= 4 is 70.0 Å². The van der Waals surface area contributed by atoms with Gasteiger partial charge in [-0.2, -0.15) is 10.2 Å². The molecule has 4 aliphatic carbocycles. The van der Waals surface area contributed by atoms with E-state index in [1.807, 2.05) is 34.9 Å². The van der Waals surface area contributed by atoms with E-state index in [4.69, 9.17) is 65.4 Å². The fourth-order valence-electron chi connectivity index (χ4n) is 17.5. The van der Waals surface area contributed by atoms with Gasteiger partial charge in [-0.15, -0.1) is 4.80 Å². The predicted octanol–water partition coefficient (Wildman–Crippen LogP) is 14.9. The molecule has 26 nitrogen and oxygen atoms in total. The number of rotatable bonds is 16. The number of carbonyl (C=O) groups excluding carboxylic acids is 4. The van der Waals surface area contributed by atoms with Gasteiger partial charge in [0.1, 0.15) is 41.7 Å². The second-order valence-electron chi connectivity index (χ2n) is 30.4. The number of halogens is 8. The van der Waals surface area contributed by atoms with Crippen molar-refractivity contribution in [2.45, 2.75) is 107 Å². The van der Waals surface area contributed by atoms with E-state index in [0.29, 0.717) is 122 Å². The van der Waals surface area contributed by atoms with Gasteiger partial charge < -0.3 is 38.5 Å². The summed E-state index contributed by atoms with van der Waals surface area (Å²) in [6.07, 6.45) is 22.9. The summed E-state index contributed by atoms with van der Waals surface area (Å²) in [4.78, 5) is 108. The van der Waals surface area contributed by atoms with Crippen molar-refractivity contribution in [1.82, 2.24) is 89.4 Å². The molecule has 4 amide bonds. The number of ether oxygens (including phenoxy) is 4. The van der Waals surface area contributed by atoms with Gasteiger partial charge in [-0.1, -0.05) is 76.7 Å². The Kier molecular flexibility index (Phi) is 23.4. The summed E-state index contributed by atoms with van der Waals surface area (Å²) in [5.74, 6) is 0.797. The quantitative estimate of drug-likeness (QED) is 0.0812.